The summed E-state index contributed by atoms with van der Waals surface area (Å²) in [4.78, 5) is 20.5. The third-order valence-corrected chi connectivity index (χ3v) is 3.01. The molecule has 0 aliphatic rings. The maximum absolute atomic E-state index is 10.9. The molecule has 1 aromatic heterocycles. The molecule has 0 fully saturated rings. The van der Waals surface area contributed by atoms with Gasteiger partial charge in [0, 0.05) is 18.8 Å². The molecular weight excluding hydrogens is 254 g/mol. The number of anilines is 1. The molecule has 8 heteroatoms. The Morgan fingerprint density at radius 2 is 2.28 bits per heavy atom. The molecule has 100 valence electrons. The Morgan fingerprint density at radius 1 is 1.56 bits per heavy atom. The van der Waals surface area contributed by atoms with Gasteiger partial charge in [0.15, 0.2) is 5.03 Å². The first-order chi connectivity index (χ1) is 8.54. The van der Waals surface area contributed by atoms with E-state index < -0.39 is 4.92 Å². The van der Waals surface area contributed by atoms with E-state index in [-0.39, 0.29) is 5.69 Å². The first-order valence-electron chi connectivity index (χ1n) is 5.57. The van der Waals surface area contributed by atoms with Gasteiger partial charge in [-0.2, -0.15) is 4.98 Å². The van der Waals surface area contributed by atoms with Gasteiger partial charge < -0.3 is 10.2 Å². The van der Waals surface area contributed by atoms with Crippen molar-refractivity contribution in [2.45, 2.75) is 11.9 Å². The molecule has 1 heterocycles. The summed E-state index contributed by atoms with van der Waals surface area (Å²) in [5, 5.41) is 14.2. The van der Waals surface area contributed by atoms with Gasteiger partial charge in [-0.05, 0) is 21.0 Å². The smallest absolute Gasteiger partial charge is 0.319 e. The fraction of sp³-hybridized carbons (Fsp3) is 0.600. The summed E-state index contributed by atoms with van der Waals surface area (Å²) in [5.41, 5.74) is -0.0413. The Morgan fingerprint density at radius 3 is 2.83 bits per heavy atom. The van der Waals surface area contributed by atoms with Crippen molar-refractivity contribution in [3.8, 4) is 0 Å². The van der Waals surface area contributed by atoms with Crippen LogP contribution in [0.3, 0.4) is 0 Å². The van der Waals surface area contributed by atoms with Crippen LogP contribution in [0.1, 0.15) is 6.92 Å². The van der Waals surface area contributed by atoms with Crippen molar-refractivity contribution in [3.63, 3.8) is 0 Å². The molecule has 0 saturated heterocycles. The average Bonchev–Trinajstić information content (AvgIpc) is 2.29. The monoisotopic (exact) mass is 271 g/mol. The summed E-state index contributed by atoms with van der Waals surface area (Å²) in [6.07, 6.45) is 1.25. The fourth-order valence-corrected chi connectivity index (χ4v) is 2.24. The highest BCUT2D eigenvalue weighted by molar-refractivity contribution is 7.99. The van der Waals surface area contributed by atoms with E-state index in [2.05, 4.69) is 15.3 Å². The molecule has 1 N–H and O–H groups in total. The summed E-state index contributed by atoms with van der Waals surface area (Å²) in [7, 11) is 3.91. The molecule has 0 bridgehead atoms. The molecular formula is C10H17N5O2S. The van der Waals surface area contributed by atoms with Gasteiger partial charge in [-0.25, -0.2) is 4.98 Å². The number of nitro groups is 1. The van der Waals surface area contributed by atoms with E-state index in [1.807, 2.05) is 25.9 Å². The zero-order valence-corrected chi connectivity index (χ0v) is 11.5. The van der Waals surface area contributed by atoms with Crippen molar-refractivity contribution >= 4 is 23.4 Å². The van der Waals surface area contributed by atoms with E-state index in [1.165, 1.54) is 18.0 Å². The lowest BCUT2D eigenvalue weighted by Gasteiger charge is -2.09. The number of aromatic nitrogens is 2. The Hall–Kier alpha value is -1.41. The van der Waals surface area contributed by atoms with E-state index in [9.17, 15) is 10.1 Å². The highest BCUT2D eigenvalue weighted by Gasteiger charge is 2.17. The van der Waals surface area contributed by atoms with E-state index in [0.29, 0.717) is 17.5 Å². The first kappa shape index (κ1) is 14.7. The molecule has 0 atom stereocenters. The minimum Gasteiger partial charge on any atom is -0.354 e. The molecule has 18 heavy (non-hydrogen) atoms. The van der Waals surface area contributed by atoms with Crippen molar-refractivity contribution in [3.05, 3.63) is 16.3 Å². The van der Waals surface area contributed by atoms with Crippen molar-refractivity contribution in [1.29, 1.82) is 0 Å². The van der Waals surface area contributed by atoms with Crippen molar-refractivity contribution in [2.24, 2.45) is 0 Å². The predicted molar refractivity (Wildman–Crippen MR) is 72.1 cm³/mol. The average molecular weight is 271 g/mol. The molecule has 1 rings (SSSR count). The Balaban J connectivity index is 2.82. The van der Waals surface area contributed by atoms with Crippen LogP contribution in [0.5, 0.6) is 0 Å². The van der Waals surface area contributed by atoms with Crippen molar-refractivity contribution in [1.82, 2.24) is 14.9 Å². The van der Waals surface area contributed by atoms with Crippen LogP contribution in [0.4, 0.5) is 11.6 Å². The van der Waals surface area contributed by atoms with Crippen LogP contribution in [0.25, 0.3) is 0 Å². The third-order valence-electron chi connectivity index (χ3n) is 2.04. The standard InChI is InChI=1S/C10H17N5O2S/c1-4-11-10-12-7-8(15(16)17)9(13-10)18-6-5-14(2)3/h7H,4-6H2,1-3H3,(H,11,12,13). The van der Waals surface area contributed by atoms with Gasteiger partial charge in [0.1, 0.15) is 6.20 Å². The first-order valence-corrected chi connectivity index (χ1v) is 6.56. The van der Waals surface area contributed by atoms with E-state index in [4.69, 9.17) is 0 Å². The molecule has 0 saturated carbocycles. The van der Waals surface area contributed by atoms with E-state index in [0.717, 1.165) is 12.3 Å². The van der Waals surface area contributed by atoms with Crippen LogP contribution in [-0.4, -0.2) is 52.7 Å². The van der Waals surface area contributed by atoms with Gasteiger partial charge in [-0.1, -0.05) is 11.8 Å². The molecule has 0 radical (unpaired) electrons. The Kier molecular flexibility index (Phi) is 5.79. The largest absolute Gasteiger partial charge is 0.354 e. The number of hydrogen-bond acceptors (Lipinski definition) is 7. The van der Waals surface area contributed by atoms with Gasteiger partial charge in [0.25, 0.3) is 0 Å². The molecule has 7 nitrogen and oxygen atoms in total. The topological polar surface area (TPSA) is 84.2 Å². The van der Waals surface area contributed by atoms with Gasteiger partial charge in [0.2, 0.25) is 5.95 Å². The van der Waals surface area contributed by atoms with Gasteiger partial charge in [0.05, 0.1) is 4.92 Å². The second kappa shape index (κ2) is 7.12. The fourth-order valence-electron chi connectivity index (χ4n) is 1.16. The number of hydrogen-bond donors (Lipinski definition) is 1. The van der Waals surface area contributed by atoms with Gasteiger partial charge in [-0.15, -0.1) is 0 Å². The number of nitrogens with one attached hydrogen (secondary N) is 1. The SMILES string of the molecule is CCNc1ncc([N+](=O)[O-])c(SCCN(C)C)n1. The highest BCUT2D eigenvalue weighted by atomic mass is 32.2. The van der Waals surface area contributed by atoms with Crippen LogP contribution in [0.2, 0.25) is 0 Å². The molecule has 0 unspecified atom stereocenters. The second-order valence-electron chi connectivity index (χ2n) is 3.82. The lowest BCUT2D eigenvalue weighted by atomic mass is 10.5. The van der Waals surface area contributed by atoms with Gasteiger partial charge >= 0.3 is 5.69 Å². The summed E-state index contributed by atoms with van der Waals surface area (Å²) in [6.45, 7) is 3.44. The minimum absolute atomic E-state index is 0.0413. The number of thioether (sulfide) groups is 1. The quantitative estimate of drug-likeness (QED) is 0.348. The van der Waals surface area contributed by atoms with Crippen LogP contribution >= 0.6 is 11.8 Å². The summed E-state index contributed by atoms with van der Waals surface area (Å²) in [5.74, 6) is 1.17. The number of rotatable bonds is 7. The Bertz CT molecular complexity index is 413. The summed E-state index contributed by atoms with van der Waals surface area (Å²) >= 11 is 1.37. The lowest BCUT2D eigenvalue weighted by molar-refractivity contribution is -0.388. The molecule has 0 aromatic carbocycles. The highest BCUT2D eigenvalue weighted by Crippen LogP contribution is 2.27. The zero-order chi connectivity index (χ0) is 13.5. The maximum atomic E-state index is 10.9. The van der Waals surface area contributed by atoms with Crippen molar-refractivity contribution in [2.75, 3.05) is 38.3 Å². The van der Waals surface area contributed by atoms with Crippen LogP contribution in [-0.2, 0) is 0 Å². The van der Waals surface area contributed by atoms with Gasteiger partial charge in [-0.3, -0.25) is 10.1 Å². The normalized spacial score (nSPS) is 10.7. The molecule has 0 spiro atoms. The van der Waals surface area contributed by atoms with E-state index in [1.54, 1.807) is 0 Å². The Labute approximate surface area is 110 Å². The van der Waals surface area contributed by atoms with Crippen LogP contribution in [0.15, 0.2) is 11.2 Å². The molecule has 0 amide bonds. The molecule has 0 aliphatic heterocycles. The summed E-state index contributed by atoms with van der Waals surface area (Å²) < 4.78 is 0. The van der Waals surface area contributed by atoms with Crippen molar-refractivity contribution < 1.29 is 4.92 Å². The maximum Gasteiger partial charge on any atom is 0.319 e. The third kappa shape index (κ3) is 4.46. The van der Waals surface area contributed by atoms with E-state index >= 15 is 0 Å². The molecule has 0 aliphatic carbocycles. The lowest BCUT2D eigenvalue weighted by Crippen LogP contribution is -2.15. The molecule has 1 aromatic rings. The second-order valence-corrected chi connectivity index (χ2v) is 4.91. The summed E-state index contributed by atoms with van der Waals surface area (Å²) in [6, 6.07) is 0. The zero-order valence-electron chi connectivity index (χ0n) is 10.7. The van der Waals surface area contributed by atoms with Crippen LogP contribution < -0.4 is 5.32 Å². The predicted octanol–water partition coefficient (Wildman–Crippen LogP) is 1.47. The number of nitrogens with zero attached hydrogens (tertiary/aromatic N) is 4. The van der Waals surface area contributed by atoms with Crippen LogP contribution in [0, 0.1) is 10.1 Å². The minimum atomic E-state index is -0.451.